The van der Waals surface area contributed by atoms with E-state index in [1.165, 1.54) is 12.3 Å². The van der Waals surface area contributed by atoms with Crippen LogP contribution in [0.15, 0.2) is 12.3 Å². The van der Waals surface area contributed by atoms with E-state index in [0.717, 1.165) is 0 Å². The number of pyridine rings is 1. The van der Waals surface area contributed by atoms with Gasteiger partial charge in [-0.2, -0.15) is 0 Å². The van der Waals surface area contributed by atoms with Crippen molar-refractivity contribution in [3.63, 3.8) is 0 Å². The zero-order chi connectivity index (χ0) is 12.1. The van der Waals surface area contributed by atoms with Gasteiger partial charge in [0.15, 0.2) is 0 Å². The highest BCUT2D eigenvalue weighted by molar-refractivity contribution is 6.35. The molecule has 0 spiro atoms. The summed E-state index contributed by atoms with van der Waals surface area (Å²) >= 11 is 5.95. The molecule has 16 heavy (non-hydrogen) atoms. The third-order valence-corrected chi connectivity index (χ3v) is 2.47. The fourth-order valence-electron chi connectivity index (χ4n) is 1.20. The smallest absolute Gasteiger partial charge is 0.337 e. The molecule has 0 atom stereocenters. The Hall–Kier alpha value is -1.33. The standard InChI is InChI=1S/C10H13ClN2O3/c1-13(5-6-16-2)9-8(11)7(10(14)15)3-4-12-9/h3-4H,5-6H2,1-2H3,(H,14,15). The van der Waals surface area contributed by atoms with Gasteiger partial charge in [0.05, 0.1) is 17.2 Å². The van der Waals surface area contributed by atoms with E-state index in [1.807, 2.05) is 0 Å². The number of aromatic carboxylic acids is 1. The fourth-order valence-corrected chi connectivity index (χ4v) is 1.54. The molecule has 0 aliphatic carbocycles. The summed E-state index contributed by atoms with van der Waals surface area (Å²) in [6, 6.07) is 1.37. The van der Waals surface area contributed by atoms with E-state index in [9.17, 15) is 4.79 Å². The molecule has 0 aliphatic rings. The average Bonchev–Trinajstić information content (AvgIpc) is 2.25. The SMILES string of the molecule is COCCN(C)c1nccc(C(=O)O)c1Cl. The number of rotatable bonds is 5. The molecular formula is C10H13ClN2O3. The highest BCUT2D eigenvalue weighted by atomic mass is 35.5. The third-order valence-electron chi connectivity index (χ3n) is 2.09. The van der Waals surface area contributed by atoms with Crippen LogP contribution in [-0.2, 0) is 4.74 Å². The summed E-state index contributed by atoms with van der Waals surface area (Å²) in [5, 5.41) is 9.04. The minimum Gasteiger partial charge on any atom is -0.478 e. The van der Waals surface area contributed by atoms with E-state index in [0.29, 0.717) is 19.0 Å². The molecule has 0 saturated heterocycles. The zero-order valence-corrected chi connectivity index (χ0v) is 9.86. The lowest BCUT2D eigenvalue weighted by molar-refractivity contribution is 0.0697. The van der Waals surface area contributed by atoms with Gasteiger partial charge in [0.2, 0.25) is 0 Å². The molecule has 0 amide bonds. The van der Waals surface area contributed by atoms with Gasteiger partial charge in [-0.1, -0.05) is 11.6 Å². The van der Waals surface area contributed by atoms with Crippen LogP contribution in [0.4, 0.5) is 5.82 Å². The third kappa shape index (κ3) is 2.84. The lowest BCUT2D eigenvalue weighted by Gasteiger charge is -2.19. The molecular weight excluding hydrogens is 232 g/mol. The molecule has 1 heterocycles. The first kappa shape index (κ1) is 12.7. The normalized spacial score (nSPS) is 10.2. The number of nitrogens with zero attached hydrogens (tertiary/aromatic N) is 2. The van der Waals surface area contributed by atoms with Crippen molar-refractivity contribution in [1.29, 1.82) is 0 Å². The van der Waals surface area contributed by atoms with Crippen LogP contribution in [0.5, 0.6) is 0 Å². The molecule has 5 nitrogen and oxygen atoms in total. The van der Waals surface area contributed by atoms with Crippen molar-refractivity contribution in [3.8, 4) is 0 Å². The van der Waals surface area contributed by atoms with E-state index in [1.54, 1.807) is 19.1 Å². The van der Waals surface area contributed by atoms with Crippen molar-refractivity contribution in [2.45, 2.75) is 0 Å². The van der Waals surface area contributed by atoms with E-state index in [4.69, 9.17) is 21.4 Å². The van der Waals surface area contributed by atoms with Crippen molar-refractivity contribution in [1.82, 2.24) is 4.98 Å². The first-order valence-electron chi connectivity index (χ1n) is 4.65. The summed E-state index contributed by atoms with van der Waals surface area (Å²) in [6.07, 6.45) is 1.42. The molecule has 1 aromatic rings. The summed E-state index contributed by atoms with van der Waals surface area (Å²) in [5.74, 6) is -0.618. The average molecular weight is 245 g/mol. The first-order valence-corrected chi connectivity index (χ1v) is 5.03. The molecule has 1 rings (SSSR count). The number of hydrogen-bond donors (Lipinski definition) is 1. The molecule has 1 N–H and O–H groups in total. The molecule has 0 unspecified atom stereocenters. The van der Waals surface area contributed by atoms with Gasteiger partial charge < -0.3 is 14.7 Å². The van der Waals surface area contributed by atoms with Crippen molar-refractivity contribution in [2.75, 3.05) is 32.2 Å². The number of likely N-dealkylation sites (N-methyl/N-ethyl adjacent to an activating group) is 1. The lowest BCUT2D eigenvalue weighted by atomic mass is 10.2. The van der Waals surface area contributed by atoms with Crippen LogP contribution in [0.1, 0.15) is 10.4 Å². The molecule has 1 aromatic heterocycles. The molecule has 0 radical (unpaired) electrons. The number of halogens is 1. The maximum atomic E-state index is 10.9. The van der Waals surface area contributed by atoms with Gasteiger partial charge in [0, 0.05) is 26.9 Å². The highest BCUT2D eigenvalue weighted by Gasteiger charge is 2.15. The summed E-state index contributed by atoms with van der Waals surface area (Å²) in [5.41, 5.74) is 0.0518. The molecule has 0 bridgehead atoms. The minimum absolute atomic E-state index is 0.0518. The Kier molecular flexibility index (Phi) is 4.52. The van der Waals surface area contributed by atoms with Crippen LogP contribution in [-0.4, -0.2) is 43.4 Å². The maximum absolute atomic E-state index is 10.9. The number of carbonyl (C=O) groups is 1. The van der Waals surface area contributed by atoms with Crippen LogP contribution in [0.2, 0.25) is 5.02 Å². The molecule has 0 fully saturated rings. The second-order valence-electron chi connectivity index (χ2n) is 3.22. The number of carboxylic acid groups (broad SMARTS) is 1. The van der Waals surface area contributed by atoms with Gasteiger partial charge in [-0.05, 0) is 6.07 Å². The summed E-state index contributed by atoms with van der Waals surface area (Å²) < 4.78 is 4.92. The predicted octanol–water partition coefficient (Wildman–Crippen LogP) is 1.52. The molecule has 0 saturated carbocycles. The quantitative estimate of drug-likeness (QED) is 0.851. The monoisotopic (exact) mass is 244 g/mol. The minimum atomic E-state index is -1.06. The molecule has 0 aliphatic heterocycles. The largest absolute Gasteiger partial charge is 0.478 e. The van der Waals surface area contributed by atoms with Crippen LogP contribution in [0.25, 0.3) is 0 Å². The number of methoxy groups -OCH3 is 1. The summed E-state index contributed by atoms with van der Waals surface area (Å²) in [4.78, 5) is 16.7. The van der Waals surface area contributed by atoms with E-state index < -0.39 is 5.97 Å². The van der Waals surface area contributed by atoms with E-state index >= 15 is 0 Å². The fraction of sp³-hybridized carbons (Fsp3) is 0.400. The van der Waals surface area contributed by atoms with E-state index in [2.05, 4.69) is 4.98 Å². The van der Waals surface area contributed by atoms with Gasteiger partial charge >= 0.3 is 5.97 Å². The van der Waals surface area contributed by atoms with Crippen LogP contribution in [0, 0.1) is 0 Å². The number of ether oxygens (including phenoxy) is 1. The number of hydrogen-bond acceptors (Lipinski definition) is 4. The van der Waals surface area contributed by atoms with Crippen molar-refractivity contribution in [2.24, 2.45) is 0 Å². The van der Waals surface area contributed by atoms with Crippen LogP contribution < -0.4 is 4.90 Å². The van der Waals surface area contributed by atoms with E-state index in [-0.39, 0.29) is 10.6 Å². The van der Waals surface area contributed by atoms with Crippen LogP contribution in [0.3, 0.4) is 0 Å². The zero-order valence-electron chi connectivity index (χ0n) is 9.11. The second kappa shape index (κ2) is 5.67. The summed E-state index contributed by atoms with van der Waals surface area (Å²) in [7, 11) is 3.37. The van der Waals surface area contributed by atoms with Crippen molar-refractivity contribution in [3.05, 3.63) is 22.8 Å². The second-order valence-corrected chi connectivity index (χ2v) is 3.59. The Balaban J connectivity index is 2.96. The number of carboxylic acids is 1. The highest BCUT2D eigenvalue weighted by Crippen LogP contribution is 2.25. The Morgan fingerprint density at radius 1 is 1.69 bits per heavy atom. The topological polar surface area (TPSA) is 62.7 Å². The van der Waals surface area contributed by atoms with Gasteiger partial charge in [-0.15, -0.1) is 0 Å². The Labute approximate surface area is 98.6 Å². The van der Waals surface area contributed by atoms with Gasteiger partial charge in [-0.3, -0.25) is 0 Å². The van der Waals surface area contributed by atoms with Gasteiger partial charge in [0.25, 0.3) is 0 Å². The molecule has 6 heteroatoms. The Morgan fingerprint density at radius 3 is 2.94 bits per heavy atom. The maximum Gasteiger partial charge on any atom is 0.337 e. The van der Waals surface area contributed by atoms with Crippen molar-refractivity contribution < 1.29 is 14.6 Å². The Morgan fingerprint density at radius 2 is 2.38 bits per heavy atom. The number of anilines is 1. The van der Waals surface area contributed by atoms with Gasteiger partial charge in [-0.25, -0.2) is 9.78 Å². The van der Waals surface area contributed by atoms with Gasteiger partial charge in [0.1, 0.15) is 5.82 Å². The lowest BCUT2D eigenvalue weighted by Crippen LogP contribution is -2.23. The summed E-state index contributed by atoms with van der Waals surface area (Å²) in [6.45, 7) is 1.11. The Bertz CT molecular complexity index is 384. The first-order chi connectivity index (χ1) is 7.57. The predicted molar refractivity (Wildman–Crippen MR) is 61.4 cm³/mol. The number of aromatic nitrogens is 1. The molecule has 0 aromatic carbocycles. The van der Waals surface area contributed by atoms with Crippen molar-refractivity contribution >= 4 is 23.4 Å². The molecule has 88 valence electrons. The van der Waals surface area contributed by atoms with Crippen LogP contribution >= 0.6 is 11.6 Å².